The quantitative estimate of drug-likeness (QED) is 0.482. The van der Waals surface area contributed by atoms with E-state index < -0.39 is 0 Å². The molecule has 0 unspecified atom stereocenters. The van der Waals surface area contributed by atoms with E-state index in [9.17, 15) is 0 Å². The van der Waals surface area contributed by atoms with E-state index in [1.54, 1.807) is 31.0 Å². The van der Waals surface area contributed by atoms with Gasteiger partial charge in [0.1, 0.15) is 18.2 Å². The Morgan fingerprint density at radius 2 is 1.40 bits per heavy atom. The number of aromatic nitrogens is 6. The van der Waals surface area contributed by atoms with E-state index in [2.05, 4.69) is 29.9 Å². The zero-order valence-corrected chi connectivity index (χ0v) is 10.5. The summed E-state index contributed by atoms with van der Waals surface area (Å²) in [5.74, 6) is 0. The van der Waals surface area contributed by atoms with Crippen molar-refractivity contribution >= 4 is 21.9 Å². The van der Waals surface area contributed by atoms with Gasteiger partial charge in [-0.25, -0.2) is 19.9 Å². The second-order valence-corrected chi connectivity index (χ2v) is 3.89. The molecule has 6 nitrogen and oxygen atoms in total. The highest BCUT2D eigenvalue weighted by Gasteiger charge is 1.89. The lowest BCUT2D eigenvalue weighted by atomic mass is 10.3. The Morgan fingerprint density at radius 3 is 2.25 bits per heavy atom. The first-order valence-corrected chi connectivity index (χ1v) is 5.94. The molecule has 0 spiro atoms. The van der Waals surface area contributed by atoms with Crippen molar-refractivity contribution in [1.82, 2.24) is 29.9 Å². The lowest BCUT2D eigenvalue weighted by Gasteiger charge is -1.90. The van der Waals surface area contributed by atoms with Crippen LogP contribution in [0.2, 0.25) is 0 Å². The van der Waals surface area contributed by atoms with Gasteiger partial charge in [0.15, 0.2) is 0 Å². The van der Waals surface area contributed by atoms with Gasteiger partial charge in [0.2, 0.25) is 0 Å². The van der Waals surface area contributed by atoms with Crippen molar-refractivity contribution in [2.75, 3.05) is 0 Å². The Labute approximate surface area is 114 Å². The van der Waals surface area contributed by atoms with E-state index in [4.69, 9.17) is 0 Å². The molecule has 0 aliphatic heterocycles. The average Bonchev–Trinajstić information content (AvgIpc) is 2.56. The Hall–Kier alpha value is -3.02. The van der Waals surface area contributed by atoms with Crippen LogP contribution in [-0.4, -0.2) is 29.9 Å². The van der Waals surface area contributed by atoms with E-state index in [1.165, 1.54) is 12.7 Å². The maximum Gasteiger partial charge on any atom is 0.116 e. The maximum atomic E-state index is 4.06. The molecule has 96 valence electrons. The number of hydrogen-bond donors (Lipinski definition) is 0. The van der Waals surface area contributed by atoms with Crippen molar-refractivity contribution in [3.63, 3.8) is 0 Å². The van der Waals surface area contributed by atoms with Crippen molar-refractivity contribution < 1.29 is 0 Å². The topological polar surface area (TPSA) is 77.3 Å². The standard InChI is InChI=1S/2C7H5N3/c1-2-8-3-6-4-9-5-10-7(1)6;1-2-6-7(9-3-1)4-8-5-10-6/h2*1-5H. The van der Waals surface area contributed by atoms with Gasteiger partial charge in [0.05, 0.1) is 17.2 Å². The van der Waals surface area contributed by atoms with Crippen LogP contribution in [0.15, 0.2) is 61.8 Å². The van der Waals surface area contributed by atoms with Crippen LogP contribution in [0.25, 0.3) is 21.9 Å². The Balaban J connectivity index is 0.000000121. The smallest absolute Gasteiger partial charge is 0.116 e. The fraction of sp³-hybridized carbons (Fsp3) is 0. The zero-order valence-electron chi connectivity index (χ0n) is 10.5. The van der Waals surface area contributed by atoms with Gasteiger partial charge in [0.25, 0.3) is 0 Å². The highest BCUT2D eigenvalue weighted by molar-refractivity contribution is 5.75. The fourth-order valence-corrected chi connectivity index (χ4v) is 1.64. The molecular formula is C14H10N6. The van der Waals surface area contributed by atoms with Crippen LogP contribution in [0.4, 0.5) is 0 Å². The molecule has 0 saturated heterocycles. The Bertz CT molecular complexity index is 631. The van der Waals surface area contributed by atoms with E-state index in [-0.39, 0.29) is 0 Å². The first kappa shape index (κ1) is 12.0. The van der Waals surface area contributed by atoms with Crippen molar-refractivity contribution in [1.29, 1.82) is 0 Å². The van der Waals surface area contributed by atoms with Gasteiger partial charge in [-0.3, -0.25) is 9.97 Å². The van der Waals surface area contributed by atoms with Gasteiger partial charge in [-0.15, -0.1) is 0 Å². The largest absolute Gasteiger partial charge is 0.264 e. The van der Waals surface area contributed by atoms with Crippen molar-refractivity contribution in [2.45, 2.75) is 0 Å². The van der Waals surface area contributed by atoms with Crippen LogP contribution in [0.1, 0.15) is 0 Å². The van der Waals surface area contributed by atoms with E-state index in [1.807, 2.05) is 18.2 Å². The molecule has 6 heteroatoms. The summed E-state index contributed by atoms with van der Waals surface area (Å²) in [7, 11) is 0. The van der Waals surface area contributed by atoms with Crippen molar-refractivity contribution in [3.05, 3.63) is 61.8 Å². The minimum absolute atomic E-state index is 0.838. The van der Waals surface area contributed by atoms with Crippen LogP contribution >= 0.6 is 0 Å². The fourth-order valence-electron chi connectivity index (χ4n) is 1.64. The third kappa shape index (κ3) is 2.69. The lowest BCUT2D eigenvalue weighted by molar-refractivity contribution is 1.20. The van der Waals surface area contributed by atoms with Crippen molar-refractivity contribution in [3.8, 4) is 0 Å². The molecule has 0 aliphatic carbocycles. The highest BCUT2D eigenvalue weighted by atomic mass is 14.8. The van der Waals surface area contributed by atoms with Gasteiger partial charge in [-0.1, -0.05) is 0 Å². The summed E-state index contributed by atoms with van der Waals surface area (Å²) in [6.07, 6.45) is 11.7. The van der Waals surface area contributed by atoms with Crippen molar-refractivity contribution in [2.24, 2.45) is 0 Å². The van der Waals surface area contributed by atoms with Gasteiger partial charge in [-0.2, -0.15) is 0 Å². The molecule has 0 bridgehead atoms. The SMILES string of the molecule is c1cc2ncncc2cn1.c1cnc2cncnc2c1. The zero-order chi connectivity index (χ0) is 13.6. The number of hydrogen-bond acceptors (Lipinski definition) is 6. The minimum Gasteiger partial charge on any atom is -0.264 e. The third-order valence-corrected chi connectivity index (χ3v) is 2.58. The molecule has 4 aromatic heterocycles. The summed E-state index contributed by atoms with van der Waals surface area (Å²) in [4.78, 5) is 23.7. The molecule has 0 atom stereocenters. The summed E-state index contributed by atoms with van der Waals surface area (Å²) in [5, 5.41) is 0.977. The monoisotopic (exact) mass is 262 g/mol. The van der Waals surface area contributed by atoms with E-state index >= 15 is 0 Å². The van der Waals surface area contributed by atoms with Gasteiger partial charge in [-0.05, 0) is 18.2 Å². The van der Waals surface area contributed by atoms with Crippen LogP contribution < -0.4 is 0 Å². The Kier molecular flexibility index (Phi) is 3.46. The first-order valence-electron chi connectivity index (χ1n) is 5.94. The summed E-state index contributed by atoms with van der Waals surface area (Å²) in [5.41, 5.74) is 2.66. The van der Waals surface area contributed by atoms with Gasteiger partial charge < -0.3 is 0 Å². The molecule has 0 aliphatic rings. The number of nitrogens with zero attached hydrogens (tertiary/aromatic N) is 6. The second-order valence-electron chi connectivity index (χ2n) is 3.89. The maximum absolute atomic E-state index is 4.06. The van der Waals surface area contributed by atoms with E-state index in [0.29, 0.717) is 0 Å². The number of rotatable bonds is 0. The van der Waals surface area contributed by atoms with Crippen LogP contribution in [0, 0.1) is 0 Å². The van der Waals surface area contributed by atoms with Gasteiger partial charge >= 0.3 is 0 Å². The number of pyridine rings is 2. The molecular weight excluding hydrogens is 252 g/mol. The van der Waals surface area contributed by atoms with Gasteiger partial charge in [0, 0.05) is 30.2 Å². The summed E-state index contributed by atoms with van der Waals surface area (Å²) in [6, 6.07) is 5.62. The minimum atomic E-state index is 0.838. The molecule has 20 heavy (non-hydrogen) atoms. The predicted molar refractivity (Wildman–Crippen MR) is 74.7 cm³/mol. The molecule has 0 radical (unpaired) electrons. The normalized spacial score (nSPS) is 10.0. The average molecular weight is 262 g/mol. The summed E-state index contributed by atoms with van der Waals surface area (Å²) in [6.45, 7) is 0. The molecule has 4 rings (SSSR count). The Morgan fingerprint density at radius 1 is 0.600 bits per heavy atom. The molecule has 4 aromatic rings. The van der Waals surface area contributed by atoms with Crippen LogP contribution in [-0.2, 0) is 0 Å². The molecule has 0 saturated carbocycles. The highest BCUT2D eigenvalue weighted by Crippen LogP contribution is 2.04. The second kappa shape index (κ2) is 5.75. The third-order valence-electron chi connectivity index (χ3n) is 2.58. The lowest BCUT2D eigenvalue weighted by Crippen LogP contribution is -1.81. The predicted octanol–water partition coefficient (Wildman–Crippen LogP) is 2.05. The number of fused-ring (bicyclic) bond motifs is 2. The van der Waals surface area contributed by atoms with E-state index in [0.717, 1.165) is 21.9 Å². The molecule has 0 fully saturated rings. The first-order chi connectivity index (χ1) is 9.93. The summed E-state index contributed by atoms with van der Waals surface area (Å²) < 4.78 is 0. The van der Waals surface area contributed by atoms with Crippen LogP contribution in [0.3, 0.4) is 0 Å². The summed E-state index contributed by atoms with van der Waals surface area (Å²) >= 11 is 0. The van der Waals surface area contributed by atoms with Crippen LogP contribution in [0.5, 0.6) is 0 Å². The molecule has 0 N–H and O–H groups in total. The molecule has 4 heterocycles. The molecule has 0 amide bonds. The molecule has 0 aromatic carbocycles.